The second kappa shape index (κ2) is 5.51. The highest BCUT2D eigenvalue weighted by Crippen LogP contribution is 2.41. The predicted molar refractivity (Wildman–Crippen MR) is 76.0 cm³/mol. The molecule has 21 heavy (non-hydrogen) atoms. The summed E-state index contributed by atoms with van der Waals surface area (Å²) in [5.41, 5.74) is 1.29. The fourth-order valence-corrected chi connectivity index (χ4v) is 2.33. The molecule has 1 atom stereocenters. The third-order valence-electron chi connectivity index (χ3n) is 3.07. The third-order valence-corrected chi connectivity index (χ3v) is 3.35. The van der Waals surface area contributed by atoms with Gasteiger partial charge < -0.3 is 14.8 Å². The van der Waals surface area contributed by atoms with Crippen molar-refractivity contribution in [3.63, 3.8) is 0 Å². The summed E-state index contributed by atoms with van der Waals surface area (Å²) in [6, 6.07) is 10.6. The quantitative estimate of drug-likeness (QED) is 0.935. The number of nitriles is 1. The minimum atomic E-state index is -0.637. The van der Waals surface area contributed by atoms with Gasteiger partial charge in [0.15, 0.2) is 11.5 Å². The molecule has 1 aliphatic rings. The van der Waals surface area contributed by atoms with Gasteiger partial charge in [-0.05, 0) is 42.0 Å². The molecule has 0 radical (unpaired) electrons. The second-order valence-electron chi connectivity index (χ2n) is 4.45. The second-order valence-corrected chi connectivity index (χ2v) is 4.86. The summed E-state index contributed by atoms with van der Waals surface area (Å²) >= 11 is 6.11. The lowest BCUT2D eigenvalue weighted by atomic mass is 10.1. The van der Waals surface area contributed by atoms with E-state index < -0.39 is 6.04 Å². The highest BCUT2D eigenvalue weighted by molar-refractivity contribution is 6.32. The van der Waals surface area contributed by atoms with E-state index in [0.717, 1.165) is 0 Å². The van der Waals surface area contributed by atoms with Gasteiger partial charge in [0, 0.05) is 5.69 Å². The van der Waals surface area contributed by atoms with E-state index in [2.05, 4.69) is 11.4 Å². The van der Waals surface area contributed by atoms with E-state index in [1.807, 2.05) is 0 Å². The molecule has 1 heterocycles. The molecule has 0 spiro atoms. The lowest BCUT2D eigenvalue weighted by molar-refractivity contribution is 0.174. The summed E-state index contributed by atoms with van der Waals surface area (Å²) in [5.74, 6) is 0.665. The monoisotopic (exact) mass is 304 g/mol. The first-order valence-electron chi connectivity index (χ1n) is 6.18. The molecule has 0 bridgehead atoms. The van der Waals surface area contributed by atoms with Crippen molar-refractivity contribution in [2.45, 2.75) is 6.04 Å². The van der Waals surface area contributed by atoms with E-state index in [1.165, 1.54) is 12.1 Å². The summed E-state index contributed by atoms with van der Waals surface area (Å²) in [6.45, 7) is 0.112. The number of rotatable bonds is 3. The van der Waals surface area contributed by atoms with Crippen molar-refractivity contribution in [2.24, 2.45) is 0 Å². The van der Waals surface area contributed by atoms with Crippen LogP contribution in [0.4, 0.5) is 10.1 Å². The first-order chi connectivity index (χ1) is 10.2. The Labute approximate surface area is 125 Å². The molecule has 106 valence electrons. The average Bonchev–Trinajstić information content (AvgIpc) is 2.95. The summed E-state index contributed by atoms with van der Waals surface area (Å²) < 4.78 is 23.4. The molecule has 0 saturated carbocycles. The molecule has 6 heteroatoms. The maximum Gasteiger partial charge on any atom is 0.231 e. The van der Waals surface area contributed by atoms with Crippen LogP contribution in [0.2, 0.25) is 5.02 Å². The van der Waals surface area contributed by atoms with Crippen molar-refractivity contribution in [3.8, 4) is 17.6 Å². The molecule has 3 rings (SSSR count). The fourth-order valence-electron chi connectivity index (χ4n) is 2.06. The van der Waals surface area contributed by atoms with Crippen LogP contribution in [-0.4, -0.2) is 6.79 Å². The Hall–Kier alpha value is -2.45. The van der Waals surface area contributed by atoms with E-state index in [9.17, 15) is 9.65 Å². The van der Waals surface area contributed by atoms with Gasteiger partial charge in [-0.25, -0.2) is 4.39 Å². The largest absolute Gasteiger partial charge is 0.454 e. The molecule has 2 aromatic carbocycles. The lowest BCUT2D eigenvalue weighted by Gasteiger charge is -2.14. The maximum atomic E-state index is 12.9. The van der Waals surface area contributed by atoms with Crippen molar-refractivity contribution in [2.75, 3.05) is 12.1 Å². The topological polar surface area (TPSA) is 54.3 Å². The Morgan fingerprint density at radius 3 is 2.71 bits per heavy atom. The lowest BCUT2D eigenvalue weighted by Crippen LogP contribution is -2.08. The normalized spacial score (nSPS) is 13.6. The van der Waals surface area contributed by atoms with Crippen LogP contribution in [0.15, 0.2) is 36.4 Å². The molecule has 4 nitrogen and oxygen atoms in total. The van der Waals surface area contributed by atoms with Gasteiger partial charge in [-0.1, -0.05) is 11.6 Å². The number of benzene rings is 2. The third kappa shape index (κ3) is 2.71. The number of nitrogens with zero attached hydrogens (tertiary/aromatic N) is 1. The minimum Gasteiger partial charge on any atom is -0.454 e. The van der Waals surface area contributed by atoms with Gasteiger partial charge in [0.05, 0.1) is 11.1 Å². The first kappa shape index (κ1) is 13.5. The van der Waals surface area contributed by atoms with Crippen LogP contribution in [0.3, 0.4) is 0 Å². The maximum absolute atomic E-state index is 12.9. The zero-order valence-corrected chi connectivity index (χ0v) is 11.5. The number of hydrogen-bond acceptors (Lipinski definition) is 4. The summed E-state index contributed by atoms with van der Waals surface area (Å²) in [6.07, 6.45) is 0. The van der Waals surface area contributed by atoms with E-state index in [-0.39, 0.29) is 12.6 Å². The summed E-state index contributed by atoms with van der Waals surface area (Å²) in [4.78, 5) is 0. The van der Waals surface area contributed by atoms with Gasteiger partial charge in [-0.2, -0.15) is 5.26 Å². The highest BCUT2D eigenvalue weighted by Gasteiger charge is 2.21. The van der Waals surface area contributed by atoms with Gasteiger partial charge in [0.25, 0.3) is 0 Å². The molecule has 0 aliphatic carbocycles. The van der Waals surface area contributed by atoms with Crippen LogP contribution in [0, 0.1) is 17.1 Å². The average molecular weight is 305 g/mol. The Morgan fingerprint density at radius 1 is 1.24 bits per heavy atom. The zero-order valence-electron chi connectivity index (χ0n) is 10.8. The van der Waals surface area contributed by atoms with Crippen molar-refractivity contribution in [1.29, 1.82) is 5.26 Å². The molecule has 0 amide bonds. The van der Waals surface area contributed by atoms with Crippen LogP contribution in [0.5, 0.6) is 11.5 Å². The SMILES string of the molecule is N#CC(Nc1ccc(F)cc1)c1cc(Cl)c2c(c1)OCO2. The number of anilines is 1. The predicted octanol–water partition coefficient (Wildman–Crippen LogP) is 3.88. The minimum absolute atomic E-state index is 0.112. The fraction of sp³-hybridized carbons (Fsp3) is 0.133. The standard InChI is InChI=1S/C15H10ClFN2O2/c16-12-5-9(6-14-15(12)21-8-20-14)13(7-18)19-11-3-1-10(17)2-4-11/h1-6,13,19H,8H2. The van der Waals surface area contributed by atoms with Crippen molar-refractivity contribution < 1.29 is 13.9 Å². The van der Waals surface area contributed by atoms with E-state index in [0.29, 0.717) is 27.8 Å². The molecule has 2 aromatic rings. The van der Waals surface area contributed by atoms with Gasteiger partial charge >= 0.3 is 0 Å². The zero-order chi connectivity index (χ0) is 14.8. The summed E-state index contributed by atoms with van der Waals surface area (Å²) in [7, 11) is 0. The Balaban J connectivity index is 1.88. The van der Waals surface area contributed by atoms with Gasteiger partial charge in [-0.15, -0.1) is 0 Å². The van der Waals surface area contributed by atoms with E-state index in [1.54, 1.807) is 24.3 Å². The number of nitrogens with one attached hydrogen (secondary N) is 1. The Morgan fingerprint density at radius 2 is 2.00 bits per heavy atom. The molecule has 1 aliphatic heterocycles. The molecular formula is C15H10ClFN2O2. The Bertz CT molecular complexity index is 713. The molecular weight excluding hydrogens is 295 g/mol. The van der Waals surface area contributed by atoms with E-state index >= 15 is 0 Å². The highest BCUT2D eigenvalue weighted by atomic mass is 35.5. The van der Waals surface area contributed by atoms with Gasteiger partial charge in [-0.3, -0.25) is 0 Å². The van der Waals surface area contributed by atoms with Crippen LogP contribution in [0.25, 0.3) is 0 Å². The number of ether oxygens (including phenoxy) is 2. The number of fused-ring (bicyclic) bond motifs is 1. The van der Waals surface area contributed by atoms with Crippen LogP contribution in [-0.2, 0) is 0 Å². The van der Waals surface area contributed by atoms with Crippen molar-refractivity contribution in [3.05, 3.63) is 52.8 Å². The van der Waals surface area contributed by atoms with E-state index in [4.69, 9.17) is 21.1 Å². The molecule has 0 saturated heterocycles. The number of hydrogen-bond donors (Lipinski definition) is 1. The van der Waals surface area contributed by atoms with Crippen LogP contribution < -0.4 is 14.8 Å². The first-order valence-corrected chi connectivity index (χ1v) is 6.56. The number of halogens is 2. The molecule has 1 N–H and O–H groups in total. The molecule has 0 fully saturated rings. The summed E-state index contributed by atoms with van der Waals surface area (Å²) in [5, 5.41) is 12.7. The van der Waals surface area contributed by atoms with Crippen LogP contribution >= 0.6 is 11.6 Å². The van der Waals surface area contributed by atoms with Crippen molar-refractivity contribution in [1.82, 2.24) is 0 Å². The smallest absolute Gasteiger partial charge is 0.231 e. The molecule has 1 unspecified atom stereocenters. The Kier molecular flexibility index (Phi) is 3.55. The van der Waals surface area contributed by atoms with Gasteiger partial charge in [0.1, 0.15) is 11.9 Å². The van der Waals surface area contributed by atoms with Gasteiger partial charge in [0.2, 0.25) is 6.79 Å². The molecule has 0 aromatic heterocycles. The van der Waals surface area contributed by atoms with Crippen LogP contribution in [0.1, 0.15) is 11.6 Å². The van der Waals surface area contributed by atoms with Crippen molar-refractivity contribution >= 4 is 17.3 Å².